The van der Waals surface area contributed by atoms with Crippen molar-refractivity contribution in [2.75, 3.05) is 7.05 Å². The Balaban J connectivity index is 1.82. The molecule has 0 atom stereocenters. The van der Waals surface area contributed by atoms with Crippen molar-refractivity contribution in [2.24, 2.45) is 0 Å². The largest absolute Gasteiger partial charge is 0.443 e. The average molecular weight is 535 g/mol. The van der Waals surface area contributed by atoms with Gasteiger partial charge in [-0.05, 0) is 80.9 Å². The number of hydrogen-bond acceptors (Lipinski definition) is 5. The minimum atomic E-state index is -1.92. The molecule has 2 N–H and O–H groups in total. The van der Waals surface area contributed by atoms with Gasteiger partial charge in [0.25, 0.3) is 5.91 Å². The molecule has 2 aromatic carbocycles. The molecule has 0 aliphatic rings. The summed E-state index contributed by atoms with van der Waals surface area (Å²) in [6.07, 6.45) is -0.481. The van der Waals surface area contributed by atoms with Crippen LogP contribution < -0.4 is 5.32 Å². The second kappa shape index (κ2) is 9.70. The molecule has 2 aromatic heterocycles. The third-order valence-corrected chi connectivity index (χ3v) is 11.6. The summed E-state index contributed by atoms with van der Waals surface area (Å²) in [5, 5.41) is 12.0. The second-order valence-electron chi connectivity index (χ2n) is 12.2. The lowest BCUT2D eigenvalue weighted by Crippen LogP contribution is -2.40. The lowest BCUT2D eigenvalue weighted by molar-refractivity contribution is 0.0547. The van der Waals surface area contributed by atoms with E-state index in [9.17, 15) is 9.59 Å². The van der Waals surface area contributed by atoms with Gasteiger partial charge in [0.15, 0.2) is 8.32 Å². The number of amides is 1. The summed E-state index contributed by atoms with van der Waals surface area (Å²) < 4.78 is 13.8. The van der Waals surface area contributed by atoms with Crippen LogP contribution >= 0.6 is 0 Å². The maximum Gasteiger partial charge on any atom is 0.419 e. The normalized spacial score (nSPS) is 12.8. The summed E-state index contributed by atoms with van der Waals surface area (Å²) in [6, 6.07) is 13.3. The highest BCUT2D eigenvalue weighted by Gasteiger charge is 2.37. The molecule has 9 heteroatoms. The van der Waals surface area contributed by atoms with E-state index in [0.29, 0.717) is 29.1 Å². The summed E-state index contributed by atoms with van der Waals surface area (Å²) in [5.74, 6) is -0.182. The Morgan fingerprint density at radius 1 is 1.03 bits per heavy atom. The number of rotatable bonds is 5. The number of hydrogen-bond donors (Lipinski definition) is 2. The van der Waals surface area contributed by atoms with Gasteiger partial charge in [0.1, 0.15) is 11.3 Å². The van der Waals surface area contributed by atoms with Crippen LogP contribution in [0.25, 0.3) is 33.2 Å². The molecule has 2 heterocycles. The zero-order valence-corrected chi connectivity index (χ0v) is 24.8. The summed E-state index contributed by atoms with van der Waals surface area (Å²) in [7, 11) is -0.324. The van der Waals surface area contributed by atoms with Crippen molar-refractivity contribution in [2.45, 2.75) is 71.9 Å². The van der Waals surface area contributed by atoms with Gasteiger partial charge in [-0.2, -0.15) is 5.10 Å². The van der Waals surface area contributed by atoms with E-state index in [2.05, 4.69) is 55.4 Å². The van der Waals surface area contributed by atoms with Crippen LogP contribution in [-0.2, 0) is 15.8 Å². The van der Waals surface area contributed by atoms with Gasteiger partial charge in [0, 0.05) is 23.4 Å². The standard InChI is InChI=1S/C29H38N4O4Si/c1-28(2,3)37-27(35)33-23-13-10-18(17-36-38(8,9)29(4,5)6)14-20(23)16-24(33)25-21-12-11-19(26(34)30-7)15-22(21)31-32-25/h10-16H,17H2,1-9H3,(H,30,34)(H,31,32). The van der Waals surface area contributed by atoms with Gasteiger partial charge in [-0.3, -0.25) is 9.89 Å². The first-order chi connectivity index (χ1) is 17.6. The molecule has 4 rings (SSSR count). The molecule has 0 fully saturated rings. The molecular formula is C29H38N4O4Si. The number of fused-ring (bicyclic) bond motifs is 2. The van der Waals surface area contributed by atoms with Crippen molar-refractivity contribution in [1.82, 2.24) is 20.1 Å². The van der Waals surface area contributed by atoms with Gasteiger partial charge < -0.3 is 14.5 Å². The molecule has 0 spiro atoms. The Morgan fingerprint density at radius 2 is 1.74 bits per heavy atom. The van der Waals surface area contributed by atoms with Crippen LogP contribution in [0.15, 0.2) is 42.5 Å². The third-order valence-electron chi connectivity index (χ3n) is 7.14. The monoisotopic (exact) mass is 534 g/mol. The highest BCUT2D eigenvalue weighted by Crippen LogP contribution is 2.38. The Bertz CT molecular complexity index is 1520. The summed E-state index contributed by atoms with van der Waals surface area (Å²) in [4.78, 5) is 25.6. The van der Waals surface area contributed by atoms with E-state index >= 15 is 0 Å². The number of carbonyl (C=O) groups excluding carboxylic acids is 2. The first kappa shape index (κ1) is 27.6. The van der Waals surface area contributed by atoms with E-state index < -0.39 is 20.0 Å². The van der Waals surface area contributed by atoms with E-state index in [0.717, 1.165) is 21.9 Å². The van der Waals surface area contributed by atoms with Crippen LogP contribution in [0.5, 0.6) is 0 Å². The fourth-order valence-corrected chi connectivity index (χ4v) is 4.97. The van der Waals surface area contributed by atoms with E-state index in [1.165, 1.54) is 0 Å². The summed E-state index contributed by atoms with van der Waals surface area (Å²) >= 11 is 0. The van der Waals surface area contributed by atoms with Crippen LogP contribution in [-0.4, -0.2) is 47.7 Å². The maximum absolute atomic E-state index is 13.5. The number of nitrogens with zero attached hydrogens (tertiary/aromatic N) is 2. The van der Waals surface area contributed by atoms with Crippen molar-refractivity contribution in [3.63, 3.8) is 0 Å². The molecular weight excluding hydrogens is 496 g/mol. The SMILES string of the molecule is CNC(=O)c1ccc2c(-c3cc4cc(CO[Si](C)(C)C(C)(C)C)ccc4n3C(=O)OC(C)(C)C)n[nH]c2c1. The summed E-state index contributed by atoms with van der Waals surface area (Å²) in [5.41, 5.74) is 3.53. The number of ether oxygens (including phenoxy) is 1. The fourth-order valence-electron chi connectivity index (χ4n) is 4.01. The van der Waals surface area contributed by atoms with Crippen molar-refractivity contribution in [3.8, 4) is 11.4 Å². The highest BCUT2D eigenvalue weighted by atomic mass is 28.4. The number of aromatic nitrogens is 3. The lowest BCUT2D eigenvalue weighted by Gasteiger charge is -2.36. The van der Waals surface area contributed by atoms with E-state index in [-0.39, 0.29) is 10.9 Å². The number of carbonyl (C=O) groups is 2. The van der Waals surface area contributed by atoms with Gasteiger partial charge in [-0.1, -0.05) is 26.8 Å². The molecule has 8 nitrogen and oxygen atoms in total. The minimum Gasteiger partial charge on any atom is -0.443 e. The van der Waals surface area contributed by atoms with Crippen molar-refractivity contribution < 1.29 is 18.8 Å². The molecule has 202 valence electrons. The first-order valence-electron chi connectivity index (χ1n) is 12.8. The first-order valence-corrected chi connectivity index (χ1v) is 15.7. The van der Waals surface area contributed by atoms with Crippen LogP contribution in [0.4, 0.5) is 4.79 Å². The molecule has 0 aliphatic carbocycles. The zero-order chi connectivity index (χ0) is 28.0. The van der Waals surface area contributed by atoms with Crippen molar-refractivity contribution >= 4 is 42.1 Å². The Hall–Kier alpha value is -3.43. The molecule has 38 heavy (non-hydrogen) atoms. The lowest BCUT2D eigenvalue weighted by atomic mass is 10.1. The van der Waals surface area contributed by atoms with Crippen LogP contribution in [0.1, 0.15) is 57.5 Å². The van der Waals surface area contributed by atoms with E-state index in [4.69, 9.17) is 9.16 Å². The van der Waals surface area contributed by atoms with Gasteiger partial charge in [-0.25, -0.2) is 9.36 Å². The third kappa shape index (κ3) is 5.39. The molecule has 0 saturated carbocycles. The number of aromatic amines is 1. The van der Waals surface area contributed by atoms with E-state index in [1.54, 1.807) is 23.7 Å². The average Bonchev–Trinajstić information content (AvgIpc) is 3.40. The predicted molar refractivity (Wildman–Crippen MR) is 154 cm³/mol. The van der Waals surface area contributed by atoms with Gasteiger partial charge in [0.05, 0.1) is 23.3 Å². The van der Waals surface area contributed by atoms with Crippen LogP contribution in [0.3, 0.4) is 0 Å². The Kier molecular flexibility index (Phi) is 7.05. The molecule has 0 saturated heterocycles. The molecule has 0 aliphatic heterocycles. The van der Waals surface area contributed by atoms with Crippen LogP contribution in [0, 0.1) is 0 Å². The van der Waals surface area contributed by atoms with Crippen molar-refractivity contribution in [3.05, 3.63) is 53.6 Å². The molecule has 4 aromatic rings. The zero-order valence-electron chi connectivity index (χ0n) is 23.8. The molecule has 0 unspecified atom stereocenters. The Morgan fingerprint density at radius 3 is 2.37 bits per heavy atom. The maximum atomic E-state index is 13.5. The minimum absolute atomic E-state index is 0.114. The number of H-pyrrole nitrogens is 1. The van der Waals surface area contributed by atoms with Gasteiger partial charge in [-0.15, -0.1) is 0 Å². The number of benzene rings is 2. The second-order valence-corrected chi connectivity index (χ2v) is 17.0. The highest BCUT2D eigenvalue weighted by molar-refractivity contribution is 6.74. The molecule has 0 radical (unpaired) electrons. The summed E-state index contributed by atoms with van der Waals surface area (Å²) in [6.45, 7) is 17.2. The topological polar surface area (TPSA) is 98.2 Å². The fraction of sp³-hybridized carbons (Fsp3) is 0.414. The Labute approximate surface area is 224 Å². The smallest absolute Gasteiger partial charge is 0.419 e. The molecule has 1 amide bonds. The van der Waals surface area contributed by atoms with E-state index in [1.807, 2.05) is 45.0 Å². The molecule has 0 bridgehead atoms. The number of nitrogens with one attached hydrogen (secondary N) is 2. The predicted octanol–water partition coefficient (Wildman–Crippen LogP) is 6.85. The quantitative estimate of drug-likeness (QED) is 0.273. The van der Waals surface area contributed by atoms with Crippen LogP contribution in [0.2, 0.25) is 18.1 Å². The van der Waals surface area contributed by atoms with Crippen molar-refractivity contribution in [1.29, 1.82) is 0 Å². The van der Waals surface area contributed by atoms with Gasteiger partial charge >= 0.3 is 6.09 Å². The van der Waals surface area contributed by atoms with Gasteiger partial charge in [0.2, 0.25) is 0 Å².